The molecule has 0 aliphatic heterocycles. The van der Waals surface area contributed by atoms with Crippen molar-refractivity contribution in [1.29, 1.82) is 0 Å². The molecule has 1 heterocycles. The van der Waals surface area contributed by atoms with Crippen LogP contribution in [-0.4, -0.2) is 26.1 Å². The van der Waals surface area contributed by atoms with E-state index in [1.807, 2.05) is 0 Å². The average molecular weight is 285 g/mol. The third-order valence-electron chi connectivity index (χ3n) is 2.83. The summed E-state index contributed by atoms with van der Waals surface area (Å²) in [4.78, 5) is 11.0. The number of rotatable bonds is 3. The lowest BCUT2D eigenvalue weighted by atomic mass is 10.1. The molecule has 1 N–H and O–H groups in total. The fourth-order valence-electron chi connectivity index (χ4n) is 1.75. The Balaban J connectivity index is 2.60. The topological polar surface area (TPSA) is 68.0 Å². The highest BCUT2D eigenvalue weighted by atomic mass is 19.4. The van der Waals surface area contributed by atoms with Gasteiger partial charge in [-0.25, -0.2) is 4.68 Å². The minimum Gasteiger partial charge on any atom is -0.481 e. The Hall–Kier alpha value is -2.38. The van der Waals surface area contributed by atoms with Crippen molar-refractivity contribution in [2.24, 2.45) is 0 Å². The van der Waals surface area contributed by atoms with Gasteiger partial charge in [-0.15, -0.1) is 5.10 Å². The molecule has 8 heteroatoms. The van der Waals surface area contributed by atoms with E-state index >= 15 is 0 Å². The highest BCUT2D eigenvalue weighted by Gasteiger charge is 2.35. The molecule has 0 saturated carbocycles. The SMILES string of the molecule is CC(C(=O)O)c1cnnn1-c1ccccc1C(F)(F)F. The number of carboxylic acids is 1. The summed E-state index contributed by atoms with van der Waals surface area (Å²) < 4.78 is 39.8. The lowest BCUT2D eigenvalue weighted by molar-refractivity contribution is -0.138. The van der Waals surface area contributed by atoms with E-state index in [0.717, 1.165) is 16.9 Å². The largest absolute Gasteiger partial charge is 0.481 e. The molecular weight excluding hydrogens is 275 g/mol. The van der Waals surface area contributed by atoms with Crippen molar-refractivity contribution in [1.82, 2.24) is 15.0 Å². The molecule has 5 nitrogen and oxygen atoms in total. The zero-order valence-electron chi connectivity index (χ0n) is 10.3. The summed E-state index contributed by atoms with van der Waals surface area (Å²) in [5, 5.41) is 16.0. The van der Waals surface area contributed by atoms with Gasteiger partial charge in [0.15, 0.2) is 0 Å². The molecule has 0 saturated heterocycles. The van der Waals surface area contributed by atoms with E-state index < -0.39 is 23.6 Å². The standard InChI is InChI=1S/C12H10F3N3O2/c1-7(11(19)20)10-6-16-17-18(10)9-5-3-2-4-8(9)12(13,14)15/h2-7H,1H3,(H,19,20). The zero-order chi connectivity index (χ0) is 14.9. The first-order valence-electron chi connectivity index (χ1n) is 5.62. The van der Waals surface area contributed by atoms with Gasteiger partial charge in [0.1, 0.15) is 0 Å². The average Bonchev–Trinajstić information content (AvgIpc) is 2.85. The van der Waals surface area contributed by atoms with Gasteiger partial charge in [0.25, 0.3) is 0 Å². The van der Waals surface area contributed by atoms with Gasteiger partial charge in [-0.05, 0) is 19.1 Å². The molecule has 0 aliphatic carbocycles. The summed E-state index contributed by atoms with van der Waals surface area (Å²) in [6.07, 6.45) is -3.42. The van der Waals surface area contributed by atoms with Gasteiger partial charge in [0.2, 0.25) is 0 Å². The Bertz CT molecular complexity index is 637. The van der Waals surface area contributed by atoms with Crippen LogP contribution in [0.15, 0.2) is 30.5 Å². The molecule has 0 amide bonds. The fourth-order valence-corrected chi connectivity index (χ4v) is 1.75. The molecular formula is C12H10F3N3O2. The molecule has 1 atom stereocenters. The molecule has 0 fully saturated rings. The number of carboxylic acid groups (broad SMARTS) is 1. The first-order chi connectivity index (χ1) is 9.32. The predicted octanol–water partition coefficient (Wildman–Crippen LogP) is 2.47. The van der Waals surface area contributed by atoms with Gasteiger partial charge in [0.05, 0.1) is 29.1 Å². The van der Waals surface area contributed by atoms with Crippen LogP contribution in [0.4, 0.5) is 13.2 Å². The number of benzene rings is 1. The fraction of sp³-hybridized carbons (Fsp3) is 0.250. The molecule has 20 heavy (non-hydrogen) atoms. The first kappa shape index (κ1) is 14.0. The summed E-state index contributed by atoms with van der Waals surface area (Å²) in [5.74, 6) is -2.19. The van der Waals surface area contributed by atoms with E-state index in [1.54, 1.807) is 0 Å². The maximum absolute atomic E-state index is 13.0. The van der Waals surface area contributed by atoms with Crippen LogP contribution in [0.5, 0.6) is 0 Å². The second kappa shape index (κ2) is 4.95. The van der Waals surface area contributed by atoms with Crippen molar-refractivity contribution in [2.75, 3.05) is 0 Å². The number of nitrogens with zero attached hydrogens (tertiary/aromatic N) is 3. The highest BCUT2D eigenvalue weighted by Crippen LogP contribution is 2.34. The number of alkyl halides is 3. The van der Waals surface area contributed by atoms with Crippen molar-refractivity contribution < 1.29 is 23.1 Å². The van der Waals surface area contributed by atoms with E-state index in [1.165, 1.54) is 25.1 Å². The number of aromatic nitrogens is 3. The van der Waals surface area contributed by atoms with E-state index in [4.69, 9.17) is 5.11 Å². The minimum absolute atomic E-state index is 0.0780. The molecule has 0 radical (unpaired) electrons. The van der Waals surface area contributed by atoms with Gasteiger partial charge < -0.3 is 5.11 Å². The summed E-state index contributed by atoms with van der Waals surface area (Å²) in [6, 6.07) is 4.80. The lowest BCUT2D eigenvalue weighted by Crippen LogP contribution is -2.16. The maximum Gasteiger partial charge on any atom is 0.418 e. The third kappa shape index (κ3) is 2.49. The quantitative estimate of drug-likeness (QED) is 0.940. The lowest BCUT2D eigenvalue weighted by Gasteiger charge is -2.15. The van der Waals surface area contributed by atoms with Crippen LogP contribution in [0.3, 0.4) is 0 Å². The minimum atomic E-state index is -4.56. The molecule has 0 spiro atoms. The van der Waals surface area contributed by atoms with Gasteiger partial charge in [-0.2, -0.15) is 13.2 Å². The number of hydrogen-bond donors (Lipinski definition) is 1. The second-order valence-electron chi connectivity index (χ2n) is 4.15. The molecule has 1 aromatic carbocycles. The van der Waals surface area contributed by atoms with E-state index in [-0.39, 0.29) is 11.4 Å². The van der Waals surface area contributed by atoms with Crippen molar-refractivity contribution in [3.05, 3.63) is 41.7 Å². The molecule has 0 aliphatic rings. The Morgan fingerprint density at radius 1 is 1.35 bits per heavy atom. The van der Waals surface area contributed by atoms with Crippen molar-refractivity contribution in [3.63, 3.8) is 0 Å². The number of para-hydroxylation sites is 1. The molecule has 2 rings (SSSR count). The van der Waals surface area contributed by atoms with Crippen LogP contribution in [0.1, 0.15) is 24.1 Å². The van der Waals surface area contributed by atoms with Gasteiger partial charge in [-0.1, -0.05) is 17.3 Å². The van der Waals surface area contributed by atoms with E-state index in [9.17, 15) is 18.0 Å². The maximum atomic E-state index is 13.0. The van der Waals surface area contributed by atoms with Gasteiger partial charge in [-0.3, -0.25) is 4.79 Å². The monoisotopic (exact) mass is 285 g/mol. The van der Waals surface area contributed by atoms with Crippen molar-refractivity contribution >= 4 is 5.97 Å². The number of halogens is 3. The van der Waals surface area contributed by atoms with Gasteiger partial charge >= 0.3 is 12.1 Å². The number of aliphatic carboxylic acids is 1. The van der Waals surface area contributed by atoms with Crippen LogP contribution in [0.2, 0.25) is 0 Å². The molecule has 106 valence electrons. The third-order valence-corrected chi connectivity index (χ3v) is 2.83. The summed E-state index contributed by atoms with van der Waals surface area (Å²) in [7, 11) is 0. The molecule has 1 unspecified atom stereocenters. The highest BCUT2D eigenvalue weighted by molar-refractivity contribution is 5.75. The molecule has 1 aromatic heterocycles. The summed E-state index contributed by atoms with van der Waals surface area (Å²) in [5.41, 5.74) is -1.07. The number of carbonyl (C=O) groups is 1. The predicted molar refractivity (Wildman–Crippen MR) is 62.4 cm³/mol. The zero-order valence-corrected chi connectivity index (χ0v) is 10.3. The van der Waals surface area contributed by atoms with E-state index in [0.29, 0.717) is 0 Å². The van der Waals surface area contributed by atoms with Crippen LogP contribution >= 0.6 is 0 Å². The molecule has 2 aromatic rings. The Morgan fingerprint density at radius 3 is 2.60 bits per heavy atom. The second-order valence-corrected chi connectivity index (χ2v) is 4.15. The van der Waals surface area contributed by atoms with Crippen LogP contribution in [0, 0.1) is 0 Å². The Morgan fingerprint density at radius 2 is 2.00 bits per heavy atom. The van der Waals surface area contributed by atoms with Crippen LogP contribution in [0.25, 0.3) is 5.69 Å². The van der Waals surface area contributed by atoms with Crippen LogP contribution < -0.4 is 0 Å². The smallest absolute Gasteiger partial charge is 0.418 e. The number of hydrogen-bond acceptors (Lipinski definition) is 3. The van der Waals surface area contributed by atoms with E-state index in [2.05, 4.69) is 10.3 Å². The summed E-state index contributed by atoms with van der Waals surface area (Å²) in [6.45, 7) is 1.35. The van der Waals surface area contributed by atoms with Crippen LogP contribution in [-0.2, 0) is 11.0 Å². The Kier molecular flexibility index (Phi) is 3.47. The van der Waals surface area contributed by atoms with Crippen molar-refractivity contribution in [2.45, 2.75) is 19.0 Å². The summed E-state index contributed by atoms with van der Waals surface area (Å²) >= 11 is 0. The Labute approximate surface area is 111 Å². The molecule has 0 bridgehead atoms. The normalized spacial score (nSPS) is 13.2. The van der Waals surface area contributed by atoms with Gasteiger partial charge in [0, 0.05) is 0 Å². The van der Waals surface area contributed by atoms with Crippen molar-refractivity contribution in [3.8, 4) is 5.69 Å². The first-order valence-corrected chi connectivity index (χ1v) is 5.62.